The van der Waals surface area contributed by atoms with Crippen LogP contribution in [-0.4, -0.2) is 20.6 Å². The van der Waals surface area contributed by atoms with Crippen molar-refractivity contribution in [3.8, 4) is 0 Å². The average Bonchev–Trinajstić information content (AvgIpc) is 3.39. The fourth-order valence-electron chi connectivity index (χ4n) is 3.67. The number of benzene rings is 1. The van der Waals surface area contributed by atoms with Crippen molar-refractivity contribution in [2.45, 2.75) is 32.2 Å². The highest BCUT2D eigenvalue weighted by Crippen LogP contribution is 2.59. The summed E-state index contributed by atoms with van der Waals surface area (Å²) in [4.78, 5) is 29.3. The summed E-state index contributed by atoms with van der Waals surface area (Å²) >= 11 is 0. The van der Waals surface area contributed by atoms with E-state index >= 15 is 0 Å². The first-order chi connectivity index (χ1) is 12.6. The Morgan fingerprint density at radius 1 is 1.35 bits per heavy atom. The van der Waals surface area contributed by atoms with Gasteiger partial charge in [0.2, 0.25) is 0 Å². The van der Waals surface area contributed by atoms with Gasteiger partial charge in [-0.05, 0) is 30.6 Å². The number of carbonyl (C=O) groups is 1. The van der Waals surface area contributed by atoms with E-state index in [0.29, 0.717) is 29.9 Å². The maximum atomic E-state index is 13.1. The van der Waals surface area contributed by atoms with E-state index in [4.69, 9.17) is 0 Å². The Balaban J connectivity index is 1.80. The molecule has 1 saturated carbocycles. The van der Waals surface area contributed by atoms with Gasteiger partial charge < -0.3 is 5.11 Å². The van der Waals surface area contributed by atoms with Crippen molar-refractivity contribution in [1.29, 1.82) is 0 Å². The Morgan fingerprint density at radius 2 is 2.12 bits per heavy atom. The van der Waals surface area contributed by atoms with Crippen molar-refractivity contribution in [3.63, 3.8) is 0 Å². The standard InChI is InChI=1S/C21H20N2O3/c1-2-6-15-16(10-9-14-7-4-3-5-8-14)22-18-11-12-21(20(25)26)13-17(21)23(18)19(15)24/h3-5,7-12,17H,2,6,13H2,1H3,(H,25,26)/b10-9+. The van der Waals surface area contributed by atoms with Gasteiger partial charge in [0, 0.05) is 5.56 Å². The van der Waals surface area contributed by atoms with Crippen molar-refractivity contribution >= 4 is 24.2 Å². The van der Waals surface area contributed by atoms with Crippen LogP contribution in [0.25, 0.3) is 18.2 Å². The van der Waals surface area contributed by atoms with Gasteiger partial charge in [0.05, 0.1) is 11.7 Å². The largest absolute Gasteiger partial charge is 0.481 e. The molecule has 0 radical (unpaired) electrons. The average molecular weight is 348 g/mol. The summed E-state index contributed by atoms with van der Waals surface area (Å²) in [7, 11) is 0. The molecule has 1 aromatic carbocycles. The molecule has 2 atom stereocenters. The lowest BCUT2D eigenvalue weighted by molar-refractivity contribution is -0.141. The highest BCUT2D eigenvalue weighted by molar-refractivity contribution is 5.84. The summed E-state index contributed by atoms with van der Waals surface area (Å²) in [6.07, 6.45) is 9.09. The molecule has 2 heterocycles. The first-order valence-electron chi connectivity index (χ1n) is 8.88. The predicted octanol–water partition coefficient (Wildman–Crippen LogP) is 3.41. The Kier molecular flexibility index (Phi) is 3.87. The molecule has 2 aliphatic rings. The van der Waals surface area contributed by atoms with Gasteiger partial charge in [-0.2, -0.15) is 0 Å². The lowest BCUT2D eigenvalue weighted by Crippen LogP contribution is -2.32. The molecule has 1 N–H and O–H groups in total. The molecule has 1 aromatic heterocycles. The van der Waals surface area contributed by atoms with E-state index in [-0.39, 0.29) is 11.6 Å². The van der Waals surface area contributed by atoms with Gasteiger partial charge in [0.25, 0.3) is 5.56 Å². The second-order valence-corrected chi connectivity index (χ2v) is 6.90. The molecule has 0 saturated heterocycles. The number of carboxylic acids is 1. The summed E-state index contributed by atoms with van der Waals surface area (Å²) in [6.45, 7) is 2.02. The van der Waals surface area contributed by atoms with E-state index in [2.05, 4.69) is 4.98 Å². The summed E-state index contributed by atoms with van der Waals surface area (Å²) < 4.78 is 1.58. The van der Waals surface area contributed by atoms with E-state index in [1.165, 1.54) is 0 Å². The van der Waals surface area contributed by atoms with Crippen molar-refractivity contribution in [2.75, 3.05) is 0 Å². The Labute approximate surface area is 151 Å². The fourth-order valence-corrected chi connectivity index (χ4v) is 3.67. The van der Waals surface area contributed by atoms with Crippen LogP contribution in [0.1, 0.15) is 48.5 Å². The van der Waals surface area contributed by atoms with Crippen LogP contribution in [0.5, 0.6) is 0 Å². The molecule has 2 aromatic rings. The maximum Gasteiger partial charge on any atom is 0.315 e. The first-order valence-corrected chi connectivity index (χ1v) is 8.88. The van der Waals surface area contributed by atoms with E-state index in [9.17, 15) is 14.7 Å². The number of carboxylic acid groups (broad SMARTS) is 1. The molecule has 26 heavy (non-hydrogen) atoms. The molecule has 1 aliphatic carbocycles. The predicted molar refractivity (Wildman–Crippen MR) is 101 cm³/mol. The maximum absolute atomic E-state index is 13.1. The van der Waals surface area contributed by atoms with Gasteiger partial charge in [-0.1, -0.05) is 55.8 Å². The number of hydrogen-bond donors (Lipinski definition) is 1. The molecule has 5 heteroatoms. The Morgan fingerprint density at radius 3 is 2.81 bits per heavy atom. The number of hydrogen-bond acceptors (Lipinski definition) is 3. The number of aromatic nitrogens is 2. The second-order valence-electron chi connectivity index (χ2n) is 6.90. The third-order valence-electron chi connectivity index (χ3n) is 5.21. The van der Waals surface area contributed by atoms with Crippen LogP contribution >= 0.6 is 0 Å². The molecular weight excluding hydrogens is 328 g/mol. The Bertz CT molecular complexity index is 988. The first kappa shape index (κ1) is 16.5. The topological polar surface area (TPSA) is 72.2 Å². The van der Waals surface area contributed by atoms with Crippen LogP contribution in [-0.2, 0) is 11.2 Å². The van der Waals surface area contributed by atoms with Crippen molar-refractivity contribution in [2.24, 2.45) is 5.41 Å². The lowest BCUT2D eigenvalue weighted by atomic mass is 10.0. The molecule has 2 unspecified atom stereocenters. The van der Waals surface area contributed by atoms with Crippen LogP contribution in [0, 0.1) is 5.41 Å². The normalized spacial score (nSPS) is 22.9. The van der Waals surface area contributed by atoms with Gasteiger partial charge in [0.1, 0.15) is 11.2 Å². The van der Waals surface area contributed by atoms with Gasteiger partial charge in [-0.25, -0.2) is 4.98 Å². The van der Waals surface area contributed by atoms with Gasteiger partial charge in [-0.3, -0.25) is 14.2 Å². The van der Waals surface area contributed by atoms with Crippen LogP contribution in [0.3, 0.4) is 0 Å². The molecule has 1 aliphatic heterocycles. The smallest absolute Gasteiger partial charge is 0.315 e. The Hall–Kier alpha value is -2.95. The van der Waals surface area contributed by atoms with Gasteiger partial charge in [0.15, 0.2) is 0 Å². The van der Waals surface area contributed by atoms with Crippen molar-refractivity contribution in [1.82, 2.24) is 9.55 Å². The molecule has 0 amide bonds. The van der Waals surface area contributed by atoms with Gasteiger partial charge >= 0.3 is 5.97 Å². The zero-order valence-electron chi connectivity index (χ0n) is 14.6. The van der Waals surface area contributed by atoms with Crippen molar-refractivity contribution in [3.05, 3.63) is 69.4 Å². The van der Waals surface area contributed by atoms with E-state index in [1.807, 2.05) is 49.4 Å². The lowest BCUT2D eigenvalue weighted by Gasteiger charge is -2.19. The number of nitrogens with zero attached hydrogens (tertiary/aromatic N) is 2. The highest BCUT2D eigenvalue weighted by atomic mass is 16.4. The van der Waals surface area contributed by atoms with Crippen molar-refractivity contribution < 1.29 is 9.90 Å². The fraction of sp³-hybridized carbons (Fsp3) is 0.286. The monoisotopic (exact) mass is 348 g/mol. The third kappa shape index (κ3) is 2.51. The number of fused-ring (bicyclic) bond motifs is 3. The minimum absolute atomic E-state index is 0.109. The summed E-state index contributed by atoms with van der Waals surface area (Å²) in [5.41, 5.74) is 1.33. The van der Waals surface area contributed by atoms with Crippen LogP contribution in [0.15, 0.2) is 41.2 Å². The van der Waals surface area contributed by atoms with Gasteiger partial charge in [-0.15, -0.1) is 0 Å². The molecular formula is C21H20N2O3. The highest BCUT2D eigenvalue weighted by Gasteiger charge is 2.62. The minimum atomic E-state index is -0.927. The zero-order chi connectivity index (χ0) is 18.3. The van der Waals surface area contributed by atoms with Crippen LogP contribution in [0.2, 0.25) is 0 Å². The second kappa shape index (κ2) is 6.09. The molecule has 0 spiro atoms. The SMILES string of the molecule is CCCc1c(/C=C/c2ccccc2)nc2n(c1=O)C1CC1(C(=O)O)C=C2. The molecule has 4 rings (SSSR count). The summed E-state index contributed by atoms with van der Waals surface area (Å²) in [5, 5.41) is 9.49. The molecule has 1 fully saturated rings. The quantitative estimate of drug-likeness (QED) is 0.899. The van der Waals surface area contributed by atoms with E-state index in [1.54, 1.807) is 16.7 Å². The molecule has 132 valence electrons. The number of aliphatic carboxylic acids is 1. The summed E-state index contributed by atoms with van der Waals surface area (Å²) in [6, 6.07) is 9.55. The molecule has 0 bridgehead atoms. The molecule has 5 nitrogen and oxygen atoms in total. The third-order valence-corrected chi connectivity index (χ3v) is 5.21. The van der Waals surface area contributed by atoms with E-state index < -0.39 is 11.4 Å². The zero-order valence-corrected chi connectivity index (χ0v) is 14.6. The summed E-state index contributed by atoms with van der Waals surface area (Å²) in [5.74, 6) is -0.330. The number of rotatable bonds is 5. The van der Waals surface area contributed by atoms with E-state index in [0.717, 1.165) is 12.0 Å². The van der Waals surface area contributed by atoms with Crippen LogP contribution in [0.4, 0.5) is 0 Å². The van der Waals surface area contributed by atoms with Crippen LogP contribution < -0.4 is 5.56 Å². The minimum Gasteiger partial charge on any atom is -0.481 e.